The van der Waals surface area contributed by atoms with Crippen molar-refractivity contribution in [2.24, 2.45) is 11.8 Å². The molecule has 6 atom stereocenters. The fraction of sp³-hybridized carbons (Fsp3) is 0.400. The van der Waals surface area contributed by atoms with Crippen LogP contribution in [0.15, 0.2) is 54.6 Å². The average Bonchev–Trinajstić information content (AvgIpc) is 3.52. The van der Waals surface area contributed by atoms with Crippen molar-refractivity contribution in [3.8, 4) is 34.5 Å². The van der Waals surface area contributed by atoms with Gasteiger partial charge in [0.05, 0.1) is 26.4 Å². The first-order valence-corrected chi connectivity index (χ1v) is 12.7. The van der Waals surface area contributed by atoms with Crippen molar-refractivity contribution >= 4 is 0 Å². The van der Waals surface area contributed by atoms with Gasteiger partial charge in [0.25, 0.3) is 0 Å². The number of rotatable bonds is 8. The minimum Gasteiger partial charge on any atom is -0.504 e. The molecular formula is C30H34O8. The number of methoxy groups -OCH3 is 2. The molecule has 0 aliphatic carbocycles. The van der Waals surface area contributed by atoms with Crippen molar-refractivity contribution in [2.75, 3.05) is 21.0 Å². The molecule has 8 nitrogen and oxygen atoms in total. The lowest BCUT2D eigenvalue weighted by atomic mass is 9.85. The van der Waals surface area contributed by atoms with Crippen molar-refractivity contribution in [3.05, 3.63) is 71.3 Å². The minimum atomic E-state index is -0.974. The molecule has 1 fully saturated rings. The second-order valence-electron chi connectivity index (χ2n) is 9.92. The topological polar surface area (TPSA) is 95.8 Å². The maximum atomic E-state index is 10.8. The van der Waals surface area contributed by atoms with E-state index < -0.39 is 12.2 Å². The molecule has 38 heavy (non-hydrogen) atoms. The molecule has 0 saturated carbocycles. The van der Waals surface area contributed by atoms with Gasteiger partial charge in [-0.2, -0.15) is 0 Å². The minimum absolute atomic E-state index is 0.0443. The van der Waals surface area contributed by atoms with Crippen LogP contribution in [0.4, 0.5) is 0 Å². The van der Waals surface area contributed by atoms with Crippen LogP contribution in [0.25, 0.3) is 0 Å². The van der Waals surface area contributed by atoms with Crippen LogP contribution in [0.1, 0.15) is 55.8 Å². The summed E-state index contributed by atoms with van der Waals surface area (Å²) in [6.07, 6.45) is -1.80. The Morgan fingerprint density at radius 2 is 1.42 bits per heavy atom. The number of hydrogen-bond donors (Lipinski definition) is 2. The third-order valence-corrected chi connectivity index (χ3v) is 7.62. The Hall–Kier alpha value is -3.62. The van der Waals surface area contributed by atoms with Crippen molar-refractivity contribution in [1.29, 1.82) is 0 Å². The summed E-state index contributed by atoms with van der Waals surface area (Å²) in [5.74, 6) is 3.39. The highest BCUT2D eigenvalue weighted by Gasteiger charge is 2.41. The van der Waals surface area contributed by atoms with Crippen LogP contribution in [-0.4, -0.2) is 37.3 Å². The molecule has 8 heteroatoms. The number of hydrogen-bond acceptors (Lipinski definition) is 8. The molecule has 2 aliphatic rings. The third kappa shape index (κ3) is 4.81. The van der Waals surface area contributed by atoms with E-state index >= 15 is 0 Å². The first kappa shape index (κ1) is 26.0. The van der Waals surface area contributed by atoms with Gasteiger partial charge in [0, 0.05) is 0 Å². The van der Waals surface area contributed by atoms with E-state index in [1.807, 2.05) is 36.4 Å². The lowest BCUT2D eigenvalue weighted by Crippen LogP contribution is -2.22. The van der Waals surface area contributed by atoms with Crippen molar-refractivity contribution in [3.63, 3.8) is 0 Å². The van der Waals surface area contributed by atoms with Gasteiger partial charge >= 0.3 is 0 Å². The summed E-state index contributed by atoms with van der Waals surface area (Å²) in [4.78, 5) is 0. The number of phenolic OH excluding ortho intramolecular Hbond substituents is 1. The van der Waals surface area contributed by atoms with E-state index in [2.05, 4.69) is 13.8 Å². The predicted molar refractivity (Wildman–Crippen MR) is 140 cm³/mol. The summed E-state index contributed by atoms with van der Waals surface area (Å²) < 4.78 is 34.4. The van der Waals surface area contributed by atoms with E-state index in [-0.39, 0.29) is 36.6 Å². The van der Waals surface area contributed by atoms with Gasteiger partial charge in [0.1, 0.15) is 12.2 Å². The smallest absolute Gasteiger partial charge is 0.231 e. The molecule has 5 rings (SSSR count). The molecule has 202 valence electrons. The molecule has 2 aliphatic heterocycles. The first-order chi connectivity index (χ1) is 18.3. The summed E-state index contributed by atoms with van der Waals surface area (Å²) in [6, 6.07) is 16.5. The van der Waals surface area contributed by atoms with Crippen LogP contribution in [0.3, 0.4) is 0 Å². The molecule has 3 aromatic rings. The maximum absolute atomic E-state index is 10.8. The molecule has 2 heterocycles. The van der Waals surface area contributed by atoms with Crippen LogP contribution < -0.4 is 23.7 Å². The SMILES string of the molecule is COc1ccc(C(O)C(C)Oc2ccc(C3OC(c4ccc5c(c4)OCO5)C(C)C3C)cc2OC)cc1O. The fourth-order valence-electron chi connectivity index (χ4n) is 5.20. The fourth-order valence-corrected chi connectivity index (χ4v) is 5.20. The van der Waals surface area contributed by atoms with E-state index in [0.717, 1.165) is 22.6 Å². The molecule has 3 aromatic carbocycles. The van der Waals surface area contributed by atoms with Crippen LogP contribution in [0, 0.1) is 11.8 Å². The Morgan fingerprint density at radius 3 is 2.11 bits per heavy atom. The van der Waals surface area contributed by atoms with Gasteiger partial charge in [-0.15, -0.1) is 0 Å². The summed E-state index contributed by atoms with van der Waals surface area (Å²) >= 11 is 0. The van der Waals surface area contributed by atoms with E-state index in [1.165, 1.54) is 13.2 Å². The van der Waals surface area contributed by atoms with Crippen LogP contribution in [0.2, 0.25) is 0 Å². The molecule has 2 N–H and O–H groups in total. The Balaban J connectivity index is 1.32. The number of benzene rings is 3. The number of fused-ring (bicyclic) bond motifs is 1. The average molecular weight is 523 g/mol. The largest absolute Gasteiger partial charge is 0.504 e. The van der Waals surface area contributed by atoms with Crippen LogP contribution in [-0.2, 0) is 4.74 Å². The van der Waals surface area contributed by atoms with Crippen molar-refractivity contribution in [2.45, 2.75) is 45.2 Å². The van der Waals surface area contributed by atoms with Crippen molar-refractivity contribution in [1.82, 2.24) is 0 Å². The number of phenols is 1. The summed E-state index contributed by atoms with van der Waals surface area (Å²) in [6.45, 7) is 6.40. The molecule has 0 radical (unpaired) electrons. The number of aromatic hydroxyl groups is 1. The van der Waals surface area contributed by atoms with Gasteiger partial charge in [-0.05, 0) is 71.8 Å². The van der Waals surface area contributed by atoms with Gasteiger partial charge < -0.3 is 38.6 Å². The normalized spacial score (nSPS) is 23.6. The Labute approximate surface area is 222 Å². The zero-order valence-electron chi connectivity index (χ0n) is 22.2. The van der Waals surface area contributed by atoms with Gasteiger partial charge in [0.2, 0.25) is 6.79 Å². The second kappa shape index (κ2) is 10.6. The van der Waals surface area contributed by atoms with Crippen molar-refractivity contribution < 1.29 is 38.6 Å². The quantitative estimate of drug-likeness (QED) is 0.388. The summed E-state index contributed by atoms with van der Waals surface area (Å²) in [7, 11) is 3.06. The highest BCUT2D eigenvalue weighted by Crippen LogP contribution is 2.51. The van der Waals surface area contributed by atoms with Gasteiger partial charge in [-0.1, -0.05) is 32.0 Å². The van der Waals surface area contributed by atoms with Crippen LogP contribution in [0.5, 0.6) is 34.5 Å². The maximum Gasteiger partial charge on any atom is 0.231 e. The molecule has 0 aromatic heterocycles. The zero-order valence-corrected chi connectivity index (χ0v) is 22.2. The lowest BCUT2D eigenvalue weighted by molar-refractivity contribution is 0.0285. The standard InChI is InChI=1S/C30H34O8/c1-16-17(2)30(21-7-10-24-27(14-21)36-15-35-24)38-29(16)20-8-11-25(26(13-20)34-5)37-18(3)28(32)19-6-9-23(33-4)22(31)12-19/h6-14,16-18,28-32H,15H2,1-5H3. The van der Waals surface area contributed by atoms with E-state index in [4.69, 9.17) is 28.4 Å². The molecule has 0 spiro atoms. The van der Waals surface area contributed by atoms with E-state index in [1.54, 1.807) is 26.2 Å². The first-order valence-electron chi connectivity index (χ1n) is 12.7. The number of ether oxygens (including phenoxy) is 6. The predicted octanol–water partition coefficient (Wildman–Crippen LogP) is 5.72. The Bertz CT molecular complexity index is 1290. The molecule has 0 bridgehead atoms. The molecular weight excluding hydrogens is 488 g/mol. The lowest BCUT2D eigenvalue weighted by Gasteiger charge is -2.23. The third-order valence-electron chi connectivity index (χ3n) is 7.62. The van der Waals surface area contributed by atoms with Crippen LogP contribution >= 0.6 is 0 Å². The molecule has 1 saturated heterocycles. The van der Waals surface area contributed by atoms with Gasteiger partial charge in [-0.25, -0.2) is 0 Å². The zero-order chi connectivity index (χ0) is 27.0. The molecule has 0 amide bonds. The van der Waals surface area contributed by atoms with E-state index in [9.17, 15) is 10.2 Å². The number of aliphatic hydroxyl groups excluding tert-OH is 1. The Morgan fingerprint density at radius 1 is 0.789 bits per heavy atom. The van der Waals surface area contributed by atoms with E-state index in [0.29, 0.717) is 22.8 Å². The summed E-state index contributed by atoms with van der Waals surface area (Å²) in [5.41, 5.74) is 2.57. The highest BCUT2D eigenvalue weighted by atomic mass is 16.7. The highest BCUT2D eigenvalue weighted by molar-refractivity contribution is 5.47. The van der Waals surface area contributed by atoms with Gasteiger partial charge in [0.15, 0.2) is 34.5 Å². The molecule has 6 unspecified atom stereocenters. The second-order valence-corrected chi connectivity index (χ2v) is 9.92. The summed E-state index contributed by atoms with van der Waals surface area (Å²) in [5, 5.41) is 20.9. The number of aliphatic hydroxyl groups is 1. The van der Waals surface area contributed by atoms with Gasteiger partial charge in [-0.3, -0.25) is 0 Å². The Kier molecular flexibility index (Phi) is 7.27. The monoisotopic (exact) mass is 522 g/mol.